The molecule has 2 nitrogen and oxygen atoms in total. The summed E-state index contributed by atoms with van der Waals surface area (Å²) in [4.78, 5) is 10.9. The molecule has 2 aliphatic carbocycles. The van der Waals surface area contributed by atoms with Crippen LogP contribution in [0.15, 0.2) is 22.8 Å². The first-order valence-corrected chi connectivity index (χ1v) is 6.59. The fourth-order valence-electron chi connectivity index (χ4n) is 3.54. The first-order valence-electron chi connectivity index (χ1n) is 6.59. The number of hydrogen-bond acceptors (Lipinski definition) is 1. The Labute approximate surface area is 103 Å². The minimum atomic E-state index is -0.781. The highest BCUT2D eigenvalue weighted by atomic mass is 16.4. The smallest absolute Gasteiger partial charge is 0.330 e. The Morgan fingerprint density at radius 1 is 1.47 bits per heavy atom. The molecule has 0 bridgehead atoms. The molecule has 0 aromatic heterocycles. The maximum absolute atomic E-state index is 10.9. The maximum Gasteiger partial charge on any atom is 0.330 e. The molecular weight excluding hydrogens is 212 g/mol. The van der Waals surface area contributed by atoms with Gasteiger partial charge in [0.05, 0.1) is 0 Å². The second kappa shape index (κ2) is 4.67. The summed E-state index contributed by atoms with van der Waals surface area (Å²) in [6.07, 6.45) is 6.76. The van der Waals surface area contributed by atoms with E-state index in [2.05, 4.69) is 13.8 Å². The van der Waals surface area contributed by atoms with Gasteiger partial charge < -0.3 is 5.11 Å². The highest BCUT2D eigenvalue weighted by Crippen LogP contribution is 2.47. The van der Waals surface area contributed by atoms with Crippen molar-refractivity contribution in [3.05, 3.63) is 22.8 Å². The van der Waals surface area contributed by atoms with Gasteiger partial charge in [-0.1, -0.05) is 24.1 Å². The van der Waals surface area contributed by atoms with Crippen LogP contribution in [-0.4, -0.2) is 11.1 Å². The summed E-state index contributed by atoms with van der Waals surface area (Å²) in [5.74, 6) is 1.14. The molecule has 1 fully saturated rings. The highest BCUT2D eigenvalue weighted by molar-refractivity contribution is 5.85. The van der Waals surface area contributed by atoms with Crippen LogP contribution >= 0.6 is 0 Å². The molecular formula is C15H22O2. The molecule has 0 amide bonds. The third-order valence-electron chi connectivity index (χ3n) is 4.49. The lowest BCUT2D eigenvalue weighted by Crippen LogP contribution is -2.23. The van der Waals surface area contributed by atoms with Crippen molar-refractivity contribution in [3.8, 4) is 0 Å². The van der Waals surface area contributed by atoms with Gasteiger partial charge in [-0.2, -0.15) is 0 Å². The van der Waals surface area contributed by atoms with E-state index >= 15 is 0 Å². The molecule has 3 atom stereocenters. The Morgan fingerprint density at radius 3 is 2.82 bits per heavy atom. The molecule has 0 heterocycles. The summed E-state index contributed by atoms with van der Waals surface area (Å²) in [7, 11) is 0. The zero-order chi connectivity index (χ0) is 12.6. The lowest BCUT2D eigenvalue weighted by molar-refractivity contribution is -0.132. The first-order chi connectivity index (χ1) is 7.99. The van der Waals surface area contributed by atoms with Crippen LogP contribution in [0.1, 0.15) is 46.5 Å². The molecule has 17 heavy (non-hydrogen) atoms. The van der Waals surface area contributed by atoms with Crippen molar-refractivity contribution >= 4 is 5.97 Å². The number of carbonyl (C=O) groups is 1. The lowest BCUT2D eigenvalue weighted by atomic mass is 9.72. The van der Waals surface area contributed by atoms with Gasteiger partial charge in [-0.15, -0.1) is 0 Å². The van der Waals surface area contributed by atoms with Gasteiger partial charge in [0.25, 0.3) is 0 Å². The van der Waals surface area contributed by atoms with Gasteiger partial charge in [-0.05, 0) is 57.3 Å². The second-order valence-corrected chi connectivity index (χ2v) is 5.78. The van der Waals surface area contributed by atoms with Crippen LogP contribution in [0.4, 0.5) is 0 Å². The molecule has 94 valence electrons. The molecule has 0 aromatic carbocycles. The molecule has 2 aliphatic rings. The Hall–Kier alpha value is -1.05. The first kappa shape index (κ1) is 12.4. The number of fused-ring (bicyclic) bond motifs is 1. The maximum atomic E-state index is 10.9. The van der Waals surface area contributed by atoms with Crippen molar-refractivity contribution < 1.29 is 9.90 Å². The summed E-state index contributed by atoms with van der Waals surface area (Å²) < 4.78 is 0. The van der Waals surface area contributed by atoms with E-state index in [0.717, 1.165) is 18.8 Å². The van der Waals surface area contributed by atoms with Gasteiger partial charge in [0.1, 0.15) is 0 Å². The Kier molecular flexibility index (Phi) is 3.41. The predicted octanol–water partition coefficient (Wildman–Crippen LogP) is 3.79. The lowest BCUT2D eigenvalue weighted by Gasteiger charge is -2.33. The average Bonchev–Trinajstić information content (AvgIpc) is 2.61. The van der Waals surface area contributed by atoms with E-state index in [1.165, 1.54) is 12.8 Å². The second-order valence-electron chi connectivity index (χ2n) is 5.78. The highest BCUT2D eigenvalue weighted by Gasteiger charge is 2.34. The quantitative estimate of drug-likeness (QED) is 0.583. The molecule has 0 spiro atoms. The van der Waals surface area contributed by atoms with E-state index in [0.29, 0.717) is 17.4 Å². The molecule has 0 aromatic rings. The van der Waals surface area contributed by atoms with Gasteiger partial charge in [-0.25, -0.2) is 4.79 Å². The van der Waals surface area contributed by atoms with Gasteiger partial charge in [0, 0.05) is 5.57 Å². The van der Waals surface area contributed by atoms with E-state index < -0.39 is 5.97 Å². The largest absolute Gasteiger partial charge is 0.478 e. The average molecular weight is 234 g/mol. The van der Waals surface area contributed by atoms with E-state index in [-0.39, 0.29) is 0 Å². The fraction of sp³-hybridized carbons (Fsp3) is 0.667. The third kappa shape index (κ3) is 2.46. The number of carboxylic acid groups (broad SMARTS) is 1. The number of carboxylic acids is 1. The summed E-state index contributed by atoms with van der Waals surface area (Å²) in [6, 6.07) is 0. The van der Waals surface area contributed by atoms with Crippen LogP contribution in [0.2, 0.25) is 0 Å². The topological polar surface area (TPSA) is 37.3 Å². The van der Waals surface area contributed by atoms with Crippen LogP contribution in [0.3, 0.4) is 0 Å². The van der Waals surface area contributed by atoms with Crippen molar-refractivity contribution in [3.63, 3.8) is 0 Å². The van der Waals surface area contributed by atoms with Crippen LogP contribution in [-0.2, 0) is 4.79 Å². The van der Waals surface area contributed by atoms with Crippen molar-refractivity contribution in [2.75, 3.05) is 0 Å². The zero-order valence-electron chi connectivity index (χ0n) is 11.0. The standard InChI is InChI=1S/C15H22O2/c1-9-4-5-13-10(2)6-12(8-14(9)13)7-11(3)15(16)17/h7,10,12-13H,4-6,8H2,1-3H3,(H,16,17)/b11-7+/t10-,12+,13-/m0/s1. The molecule has 2 heteroatoms. The van der Waals surface area contributed by atoms with E-state index in [4.69, 9.17) is 5.11 Å². The molecule has 2 rings (SSSR count). The molecule has 1 N–H and O–H groups in total. The van der Waals surface area contributed by atoms with Crippen LogP contribution in [0.25, 0.3) is 0 Å². The van der Waals surface area contributed by atoms with Crippen molar-refractivity contribution in [1.82, 2.24) is 0 Å². The Bertz CT molecular complexity index is 390. The summed E-state index contributed by atoms with van der Waals surface area (Å²) in [5.41, 5.74) is 3.69. The van der Waals surface area contributed by atoms with E-state index in [1.54, 1.807) is 18.1 Å². The van der Waals surface area contributed by atoms with E-state index in [9.17, 15) is 4.79 Å². The SMILES string of the molecule is CC1=C2C[C@@H](/C=C(\C)C(=O)O)C[C@H](C)[C@@H]2CC1. The van der Waals surface area contributed by atoms with Crippen LogP contribution in [0, 0.1) is 17.8 Å². The summed E-state index contributed by atoms with van der Waals surface area (Å²) in [5, 5.41) is 8.94. The number of aliphatic carboxylic acids is 1. The number of hydrogen-bond donors (Lipinski definition) is 1. The summed E-state index contributed by atoms with van der Waals surface area (Å²) in [6.45, 7) is 6.27. The number of allylic oxidation sites excluding steroid dienone is 3. The normalized spacial score (nSPS) is 33.8. The van der Waals surface area contributed by atoms with Crippen molar-refractivity contribution in [1.29, 1.82) is 0 Å². The Morgan fingerprint density at radius 2 is 2.18 bits per heavy atom. The third-order valence-corrected chi connectivity index (χ3v) is 4.49. The van der Waals surface area contributed by atoms with Crippen LogP contribution < -0.4 is 0 Å². The van der Waals surface area contributed by atoms with Crippen molar-refractivity contribution in [2.45, 2.75) is 46.5 Å². The number of rotatable bonds is 2. The minimum absolute atomic E-state index is 0.431. The van der Waals surface area contributed by atoms with Gasteiger partial charge in [-0.3, -0.25) is 0 Å². The molecule has 0 aliphatic heterocycles. The summed E-state index contributed by atoms with van der Waals surface area (Å²) >= 11 is 0. The zero-order valence-corrected chi connectivity index (χ0v) is 11.0. The fourth-order valence-corrected chi connectivity index (χ4v) is 3.54. The minimum Gasteiger partial charge on any atom is -0.478 e. The molecule has 0 saturated heterocycles. The van der Waals surface area contributed by atoms with Gasteiger partial charge in [0.15, 0.2) is 0 Å². The Balaban J connectivity index is 2.16. The molecule has 0 radical (unpaired) electrons. The molecule has 0 unspecified atom stereocenters. The van der Waals surface area contributed by atoms with E-state index in [1.807, 2.05) is 6.08 Å². The predicted molar refractivity (Wildman–Crippen MR) is 68.7 cm³/mol. The van der Waals surface area contributed by atoms with Crippen LogP contribution in [0.5, 0.6) is 0 Å². The van der Waals surface area contributed by atoms with Gasteiger partial charge >= 0.3 is 5.97 Å². The molecule has 1 saturated carbocycles. The van der Waals surface area contributed by atoms with Gasteiger partial charge in [0.2, 0.25) is 0 Å². The van der Waals surface area contributed by atoms with Crippen molar-refractivity contribution in [2.24, 2.45) is 17.8 Å². The monoisotopic (exact) mass is 234 g/mol.